The number of hydrogen-bond acceptors (Lipinski definition) is 3. The Balaban J connectivity index is 2.75. The monoisotopic (exact) mass is 292 g/mol. The van der Waals surface area contributed by atoms with Gasteiger partial charge in [0.1, 0.15) is 0 Å². The predicted molar refractivity (Wildman–Crippen MR) is 86.3 cm³/mol. The van der Waals surface area contributed by atoms with Crippen molar-refractivity contribution in [3.8, 4) is 0 Å². The number of nitrogens with one attached hydrogen (secondary N) is 1. The highest BCUT2D eigenvalue weighted by Crippen LogP contribution is 2.20. The third-order valence-electron chi connectivity index (χ3n) is 3.63. The van der Waals surface area contributed by atoms with Crippen LogP contribution < -0.4 is 5.32 Å². The molecule has 118 valence electrons. The SMILES string of the molecule is COCC(C)(C)C(=O)NC[C@@H](c1cccc(C)c1)N(C)C. The highest BCUT2D eigenvalue weighted by Gasteiger charge is 2.28. The van der Waals surface area contributed by atoms with Gasteiger partial charge in [0.15, 0.2) is 0 Å². The van der Waals surface area contributed by atoms with Gasteiger partial charge in [0, 0.05) is 13.7 Å². The first-order chi connectivity index (χ1) is 9.77. The van der Waals surface area contributed by atoms with E-state index in [-0.39, 0.29) is 11.9 Å². The highest BCUT2D eigenvalue weighted by molar-refractivity contribution is 5.81. The quantitative estimate of drug-likeness (QED) is 0.839. The maximum absolute atomic E-state index is 12.3. The molecule has 1 aromatic carbocycles. The van der Waals surface area contributed by atoms with Crippen molar-refractivity contribution in [2.24, 2.45) is 5.41 Å². The zero-order chi connectivity index (χ0) is 16.0. The van der Waals surface area contributed by atoms with E-state index in [1.165, 1.54) is 11.1 Å². The molecule has 0 bridgehead atoms. The molecule has 1 amide bonds. The lowest BCUT2D eigenvalue weighted by atomic mass is 9.93. The number of carbonyl (C=O) groups excluding carboxylic acids is 1. The Bertz CT molecular complexity index is 470. The zero-order valence-electron chi connectivity index (χ0n) is 14.1. The van der Waals surface area contributed by atoms with Crippen molar-refractivity contribution in [2.45, 2.75) is 26.8 Å². The van der Waals surface area contributed by atoms with Crippen molar-refractivity contribution < 1.29 is 9.53 Å². The van der Waals surface area contributed by atoms with E-state index >= 15 is 0 Å². The number of methoxy groups -OCH3 is 1. The van der Waals surface area contributed by atoms with Crippen molar-refractivity contribution in [3.63, 3.8) is 0 Å². The van der Waals surface area contributed by atoms with E-state index in [9.17, 15) is 4.79 Å². The summed E-state index contributed by atoms with van der Waals surface area (Å²) in [4.78, 5) is 14.4. The Morgan fingerprint density at radius 1 is 1.38 bits per heavy atom. The minimum atomic E-state index is -0.516. The summed E-state index contributed by atoms with van der Waals surface area (Å²) in [6, 6.07) is 8.56. The van der Waals surface area contributed by atoms with Gasteiger partial charge in [-0.05, 0) is 40.4 Å². The summed E-state index contributed by atoms with van der Waals surface area (Å²) < 4.78 is 5.11. The Kier molecular flexibility index (Phi) is 6.37. The summed E-state index contributed by atoms with van der Waals surface area (Å²) in [5.41, 5.74) is 1.92. The summed E-state index contributed by atoms with van der Waals surface area (Å²) in [5, 5.41) is 3.05. The molecule has 0 heterocycles. The molecule has 0 aromatic heterocycles. The van der Waals surface area contributed by atoms with Gasteiger partial charge >= 0.3 is 0 Å². The number of amides is 1. The molecule has 1 rings (SSSR count). The lowest BCUT2D eigenvalue weighted by molar-refractivity contribution is -0.132. The summed E-state index contributed by atoms with van der Waals surface area (Å²) in [6.45, 7) is 6.86. The number of hydrogen-bond donors (Lipinski definition) is 1. The van der Waals surface area contributed by atoms with Gasteiger partial charge < -0.3 is 15.0 Å². The van der Waals surface area contributed by atoms with E-state index in [4.69, 9.17) is 4.74 Å². The van der Waals surface area contributed by atoms with Gasteiger partial charge in [0.05, 0.1) is 18.1 Å². The lowest BCUT2D eigenvalue weighted by Gasteiger charge is -2.28. The summed E-state index contributed by atoms with van der Waals surface area (Å²) in [7, 11) is 5.67. The van der Waals surface area contributed by atoms with Gasteiger partial charge in [-0.3, -0.25) is 4.79 Å². The van der Waals surface area contributed by atoms with E-state index in [0.29, 0.717) is 13.2 Å². The summed E-state index contributed by atoms with van der Waals surface area (Å²) in [6.07, 6.45) is 0. The van der Waals surface area contributed by atoms with Crippen LogP contribution in [0.25, 0.3) is 0 Å². The van der Waals surface area contributed by atoms with Crippen molar-refractivity contribution >= 4 is 5.91 Å². The lowest BCUT2D eigenvalue weighted by Crippen LogP contribution is -2.43. The van der Waals surface area contributed by atoms with Crippen LogP contribution in [-0.4, -0.2) is 45.2 Å². The van der Waals surface area contributed by atoms with Crippen molar-refractivity contribution in [3.05, 3.63) is 35.4 Å². The van der Waals surface area contributed by atoms with E-state index in [0.717, 1.165) is 0 Å². The van der Waals surface area contributed by atoms with E-state index in [2.05, 4.69) is 41.4 Å². The van der Waals surface area contributed by atoms with Gasteiger partial charge in [-0.2, -0.15) is 0 Å². The van der Waals surface area contributed by atoms with Crippen LogP contribution in [0.1, 0.15) is 31.0 Å². The first kappa shape index (κ1) is 17.7. The van der Waals surface area contributed by atoms with Crippen LogP contribution in [0.4, 0.5) is 0 Å². The molecule has 1 aromatic rings. The van der Waals surface area contributed by atoms with Crippen LogP contribution in [0.5, 0.6) is 0 Å². The molecule has 0 unspecified atom stereocenters. The molecule has 0 saturated carbocycles. The van der Waals surface area contributed by atoms with Crippen LogP contribution in [0.3, 0.4) is 0 Å². The van der Waals surface area contributed by atoms with Gasteiger partial charge in [0.25, 0.3) is 0 Å². The Morgan fingerprint density at radius 3 is 2.57 bits per heavy atom. The maximum atomic E-state index is 12.3. The molecule has 21 heavy (non-hydrogen) atoms. The minimum absolute atomic E-state index is 0.0175. The molecule has 4 heteroatoms. The molecule has 0 fully saturated rings. The van der Waals surface area contributed by atoms with E-state index in [1.54, 1.807) is 7.11 Å². The second kappa shape index (κ2) is 7.57. The van der Waals surface area contributed by atoms with Crippen LogP contribution >= 0.6 is 0 Å². The largest absolute Gasteiger partial charge is 0.384 e. The average Bonchev–Trinajstić information content (AvgIpc) is 2.38. The molecule has 0 aliphatic carbocycles. The molecular weight excluding hydrogens is 264 g/mol. The molecule has 0 aliphatic rings. The first-order valence-corrected chi connectivity index (χ1v) is 7.28. The standard InChI is InChI=1S/C17H28N2O2/c1-13-8-7-9-14(10-13)15(19(4)5)11-18-16(20)17(2,3)12-21-6/h7-10,15H,11-12H2,1-6H3,(H,18,20)/t15-/m0/s1. The van der Waals surface area contributed by atoms with Gasteiger partial charge in [-0.15, -0.1) is 0 Å². The zero-order valence-corrected chi connectivity index (χ0v) is 14.1. The number of ether oxygens (including phenoxy) is 1. The Morgan fingerprint density at radius 2 is 2.05 bits per heavy atom. The summed E-state index contributed by atoms with van der Waals surface area (Å²) >= 11 is 0. The molecular formula is C17H28N2O2. The molecule has 1 N–H and O–H groups in total. The third kappa shape index (κ3) is 5.14. The third-order valence-corrected chi connectivity index (χ3v) is 3.63. The summed E-state index contributed by atoms with van der Waals surface area (Å²) in [5.74, 6) is 0.0175. The van der Waals surface area contributed by atoms with Crippen LogP contribution in [0, 0.1) is 12.3 Å². The number of likely N-dealkylation sites (N-methyl/N-ethyl adjacent to an activating group) is 1. The topological polar surface area (TPSA) is 41.6 Å². The molecule has 0 radical (unpaired) electrons. The minimum Gasteiger partial charge on any atom is -0.384 e. The number of carbonyl (C=O) groups is 1. The van der Waals surface area contributed by atoms with Gasteiger partial charge in [-0.25, -0.2) is 0 Å². The highest BCUT2D eigenvalue weighted by atomic mass is 16.5. The van der Waals surface area contributed by atoms with E-state index < -0.39 is 5.41 Å². The molecule has 4 nitrogen and oxygen atoms in total. The second-order valence-electron chi connectivity index (χ2n) is 6.42. The second-order valence-corrected chi connectivity index (χ2v) is 6.42. The Labute approximate surface area is 128 Å². The van der Waals surface area contributed by atoms with Crippen LogP contribution in [0.2, 0.25) is 0 Å². The predicted octanol–water partition coefficient (Wildman–Crippen LogP) is 2.39. The number of aryl methyl sites for hydroxylation is 1. The normalized spacial score (nSPS) is 13.3. The Hall–Kier alpha value is -1.39. The number of nitrogens with zero attached hydrogens (tertiary/aromatic N) is 1. The van der Waals surface area contributed by atoms with Gasteiger partial charge in [0.2, 0.25) is 5.91 Å². The fraction of sp³-hybridized carbons (Fsp3) is 0.588. The first-order valence-electron chi connectivity index (χ1n) is 7.28. The fourth-order valence-electron chi connectivity index (χ4n) is 2.33. The van der Waals surface area contributed by atoms with Crippen LogP contribution in [0.15, 0.2) is 24.3 Å². The van der Waals surface area contributed by atoms with Crippen molar-refractivity contribution in [2.75, 3.05) is 34.4 Å². The van der Waals surface area contributed by atoms with Crippen molar-refractivity contribution in [1.29, 1.82) is 0 Å². The van der Waals surface area contributed by atoms with Crippen molar-refractivity contribution in [1.82, 2.24) is 10.2 Å². The number of rotatable bonds is 7. The van der Waals surface area contributed by atoms with Gasteiger partial charge in [-0.1, -0.05) is 29.8 Å². The van der Waals surface area contributed by atoms with Crippen LogP contribution in [-0.2, 0) is 9.53 Å². The fourth-order valence-corrected chi connectivity index (χ4v) is 2.33. The smallest absolute Gasteiger partial charge is 0.228 e. The molecule has 0 spiro atoms. The molecule has 1 atom stereocenters. The molecule has 0 saturated heterocycles. The average molecular weight is 292 g/mol. The van der Waals surface area contributed by atoms with E-state index in [1.807, 2.05) is 27.9 Å². The molecule has 0 aliphatic heterocycles. The number of benzene rings is 1. The maximum Gasteiger partial charge on any atom is 0.228 e.